The van der Waals surface area contributed by atoms with Gasteiger partial charge < -0.3 is 46.4 Å². The Hall–Kier alpha value is 0.917. The third-order valence-corrected chi connectivity index (χ3v) is 9.75. The van der Waals surface area contributed by atoms with Crippen LogP contribution in [-0.4, -0.2) is 88.7 Å². The molecule has 0 aliphatic heterocycles. The quantitative estimate of drug-likeness (QED) is 0.147. The second-order valence-corrected chi connectivity index (χ2v) is 12.6. The minimum Gasteiger partial charge on any atom is -0.400 e. The van der Waals surface area contributed by atoms with Gasteiger partial charge in [0.05, 0.1) is 0 Å². The average molecular weight is 684 g/mol. The summed E-state index contributed by atoms with van der Waals surface area (Å²) in [6, 6.07) is 0. The Balaban J connectivity index is -0.000000171. The van der Waals surface area contributed by atoms with Crippen LogP contribution in [-0.2, 0) is 52.8 Å². The number of rotatable bonds is 18. The van der Waals surface area contributed by atoms with Crippen molar-refractivity contribution in [3.63, 3.8) is 0 Å². The van der Waals surface area contributed by atoms with Crippen LogP contribution < -0.4 is 0 Å². The third kappa shape index (κ3) is 28.8. The summed E-state index contributed by atoms with van der Waals surface area (Å²) in [6.45, 7) is 23.5. The van der Waals surface area contributed by atoms with Crippen molar-refractivity contribution in [2.24, 2.45) is 0 Å². The van der Waals surface area contributed by atoms with E-state index in [2.05, 4.69) is 0 Å². The van der Waals surface area contributed by atoms with Crippen molar-refractivity contribution in [2.45, 2.75) is 158 Å². The van der Waals surface area contributed by atoms with E-state index in [-0.39, 0.29) is 62.8 Å². The summed E-state index contributed by atoms with van der Waals surface area (Å²) in [5, 5.41) is 14.0. The smallest absolute Gasteiger partial charge is 0.400 e. The summed E-state index contributed by atoms with van der Waals surface area (Å²) in [6.07, 6.45) is 4.60. The molecule has 0 fully saturated rings. The Morgan fingerprint density at radius 1 is 0.385 bits per heavy atom. The first-order valence-corrected chi connectivity index (χ1v) is 17.5. The normalized spacial score (nSPS) is 18.3. The van der Waals surface area contributed by atoms with Gasteiger partial charge in [-0.25, -0.2) is 0 Å². The van der Waals surface area contributed by atoms with Gasteiger partial charge in [-0.1, -0.05) is 41.5 Å². The molecule has 0 amide bonds. The molecular weight excluding hydrogens is 620 g/mol. The molecule has 0 aromatic rings. The Morgan fingerprint density at radius 3 is 0.564 bits per heavy atom. The van der Waals surface area contributed by atoms with Crippen LogP contribution in [0.4, 0.5) is 0 Å². The zero-order valence-electron chi connectivity index (χ0n) is 27.4. The third-order valence-electron chi connectivity index (χ3n) is 5.55. The zero-order valence-corrected chi connectivity index (χ0v) is 31.9. The molecule has 0 saturated heterocycles. The van der Waals surface area contributed by atoms with Crippen LogP contribution in [0.5, 0.6) is 0 Å². The maximum atomic E-state index is 10.4. The SMILES string of the molecule is CCC(C)O[Si](O)(OC(C)CC)OC(C)CC.CCC(C)O[Si](O)(OC(C)CC)OC(C)CC.CO.CO.[Zr]. The summed E-state index contributed by atoms with van der Waals surface area (Å²) in [4.78, 5) is 20.8. The van der Waals surface area contributed by atoms with E-state index in [1.54, 1.807) is 0 Å². The van der Waals surface area contributed by atoms with Crippen LogP contribution >= 0.6 is 0 Å². The maximum absolute atomic E-state index is 10.4. The van der Waals surface area contributed by atoms with Gasteiger partial charge in [0.15, 0.2) is 0 Å². The minimum atomic E-state index is -3.50. The molecule has 0 saturated carbocycles. The predicted octanol–water partition coefficient (Wildman–Crippen LogP) is 4.93. The van der Waals surface area contributed by atoms with E-state index in [1.165, 1.54) is 0 Å². The van der Waals surface area contributed by atoms with Crippen molar-refractivity contribution in [3.05, 3.63) is 0 Å². The first kappa shape index (κ1) is 49.6. The number of hydrogen-bond acceptors (Lipinski definition) is 10. The van der Waals surface area contributed by atoms with E-state index >= 15 is 0 Å². The van der Waals surface area contributed by atoms with Crippen molar-refractivity contribution < 1.29 is 72.6 Å². The summed E-state index contributed by atoms with van der Waals surface area (Å²) in [5.74, 6) is 0. The van der Waals surface area contributed by atoms with Crippen molar-refractivity contribution in [1.29, 1.82) is 0 Å². The van der Waals surface area contributed by atoms with E-state index in [4.69, 9.17) is 36.8 Å². The Bertz CT molecular complexity index is 393. The molecule has 0 aliphatic rings. The molecule has 0 aliphatic carbocycles. The van der Waals surface area contributed by atoms with Crippen molar-refractivity contribution in [2.75, 3.05) is 14.2 Å². The monoisotopic (exact) mass is 682 g/mol. The van der Waals surface area contributed by atoms with E-state index in [0.29, 0.717) is 0 Å². The molecule has 6 atom stereocenters. The molecule has 6 unspecified atom stereocenters. The molecule has 39 heavy (non-hydrogen) atoms. The first-order chi connectivity index (χ1) is 17.7. The van der Waals surface area contributed by atoms with Crippen LogP contribution in [0.15, 0.2) is 0 Å². The Kier molecular flexibility index (Phi) is 38.6. The van der Waals surface area contributed by atoms with E-state index in [0.717, 1.165) is 52.7 Å². The predicted molar refractivity (Wildman–Crippen MR) is 157 cm³/mol. The summed E-state index contributed by atoms with van der Waals surface area (Å²) >= 11 is 0. The fraction of sp³-hybridized carbons (Fsp3) is 1.00. The van der Waals surface area contributed by atoms with Gasteiger partial charge in [-0.05, 0) is 80.1 Å². The average Bonchev–Trinajstić information content (AvgIpc) is 2.90. The van der Waals surface area contributed by atoms with Crippen LogP contribution in [0.25, 0.3) is 0 Å². The Labute approximate surface area is 262 Å². The molecule has 0 aromatic heterocycles. The van der Waals surface area contributed by atoms with Gasteiger partial charge in [-0.15, -0.1) is 0 Å². The van der Waals surface area contributed by atoms with E-state index in [1.807, 2.05) is 83.1 Å². The standard InChI is InChI=1S/2C12H28O4Si.2CH4O.Zr/c2*1-7-10(4)14-17(13,15-11(5)8-2)16-12(6)9-3;2*1-2;/h2*10-13H,7-9H2,1-6H3;2*2H,1H3;. The van der Waals surface area contributed by atoms with Crippen LogP contribution in [0.3, 0.4) is 0 Å². The van der Waals surface area contributed by atoms with Gasteiger partial charge in [0.2, 0.25) is 0 Å². The number of aliphatic hydroxyl groups excluding tert-OH is 2. The molecule has 0 heterocycles. The second-order valence-electron chi connectivity index (χ2n) is 9.07. The van der Waals surface area contributed by atoms with Gasteiger partial charge in [-0.2, -0.15) is 0 Å². The fourth-order valence-corrected chi connectivity index (χ4v) is 6.58. The van der Waals surface area contributed by atoms with Crippen molar-refractivity contribution >= 4 is 18.1 Å². The Morgan fingerprint density at radius 2 is 0.487 bits per heavy atom. The molecule has 0 aromatic carbocycles. The number of aliphatic hydroxyl groups is 2. The van der Waals surface area contributed by atoms with Gasteiger partial charge in [0.25, 0.3) is 0 Å². The molecule has 4 N–H and O–H groups in total. The molecule has 0 bridgehead atoms. The van der Waals surface area contributed by atoms with E-state index < -0.39 is 18.1 Å². The molecule has 13 heteroatoms. The molecular formula is C26H64O10Si2Zr. The van der Waals surface area contributed by atoms with Gasteiger partial charge >= 0.3 is 18.1 Å². The zero-order chi connectivity index (χ0) is 30.9. The van der Waals surface area contributed by atoms with E-state index in [9.17, 15) is 9.59 Å². The molecule has 0 radical (unpaired) electrons. The largest absolute Gasteiger partial charge is 0.677 e. The van der Waals surface area contributed by atoms with Crippen LogP contribution in [0, 0.1) is 0 Å². The van der Waals surface area contributed by atoms with Crippen LogP contribution in [0.1, 0.15) is 122 Å². The molecule has 10 nitrogen and oxygen atoms in total. The first-order valence-electron chi connectivity index (χ1n) is 14.1. The maximum Gasteiger partial charge on any atom is 0.677 e. The fourth-order valence-electron chi connectivity index (χ4n) is 2.19. The van der Waals surface area contributed by atoms with Gasteiger partial charge in [-0.3, -0.25) is 0 Å². The minimum absolute atomic E-state index is 0. The molecule has 0 spiro atoms. The van der Waals surface area contributed by atoms with Crippen molar-refractivity contribution in [1.82, 2.24) is 0 Å². The summed E-state index contributed by atoms with van der Waals surface area (Å²) in [7, 11) is -5.00. The second kappa shape index (κ2) is 30.4. The topological polar surface area (TPSA) is 136 Å². The van der Waals surface area contributed by atoms with Gasteiger partial charge in [0, 0.05) is 77.0 Å². The molecule has 0 rings (SSSR count). The number of hydrogen-bond donors (Lipinski definition) is 4. The van der Waals surface area contributed by atoms with Gasteiger partial charge in [0.1, 0.15) is 0 Å². The molecule has 240 valence electrons. The van der Waals surface area contributed by atoms with Crippen LogP contribution in [0.2, 0.25) is 0 Å². The summed E-state index contributed by atoms with van der Waals surface area (Å²) < 4.78 is 33.5. The summed E-state index contributed by atoms with van der Waals surface area (Å²) in [5.41, 5.74) is 0. The van der Waals surface area contributed by atoms with Crippen molar-refractivity contribution in [3.8, 4) is 0 Å².